The minimum absolute atomic E-state index is 0.388. The fourth-order valence-electron chi connectivity index (χ4n) is 2.50. The Morgan fingerprint density at radius 3 is 2.73 bits per heavy atom. The number of hydrogen-bond donors (Lipinski definition) is 0. The van der Waals surface area contributed by atoms with Gasteiger partial charge in [0.15, 0.2) is 5.65 Å². The number of aromatic nitrogens is 4. The second kappa shape index (κ2) is 6.01. The summed E-state index contributed by atoms with van der Waals surface area (Å²) in [5, 5.41) is 12.1. The Morgan fingerprint density at radius 1 is 1.23 bits per heavy atom. The molecule has 22 heavy (non-hydrogen) atoms. The average Bonchev–Trinajstić information content (AvgIpc) is 2.92. The molecule has 6 nitrogen and oxygen atoms in total. The third-order valence-electron chi connectivity index (χ3n) is 3.64. The van der Waals surface area contributed by atoms with Crippen molar-refractivity contribution in [2.45, 2.75) is 32.9 Å². The number of fused-ring (bicyclic) bond motifs is 1. The minimum Gasteiger partial charge on any atom is -0.857 e. The topological polar surface area (TPSA) is 75.8 Å². The van der Waals surface area contributed by atoms with Crippen LogP contribution in [0.15, 0.2) is 41.5 Å². The maximum Gasteiger partial charge on any atom is 0.348 e. The minimum atomic E-state index is -0.518. The van der Waals surface area contributed by atoms with Crippen molar-refractivity contribution in [2.75, 3.05) is 0 Å². The lowest BCUT2D eigenvalue weighted by Crippen LogP contribution is -2.25. The van der Waals surface area contributed by atoms with Crippen LogP contribution in [0.4, 0.5) is 0 Å². The van der Waals surface area contributed by atoms with Crippen LogP contribution in [0.2, 0.25) is 0 Å². The molecule has 0 bridgehead atoms. The van der Waals surface area contributed by atoms with Crippen molar-refractivity contribution in [1.82, 2.24) is 19.1 Å². The molecule has 3 rings (SSSR count). The van der Waals surface area contributed by atoms with Gasteiger partial charge in [0.25, 0.3) is 0 Å². The second-order valence-electron chi connectivity index (χ2n) is 5.24. The smallest absolute Gasteiger partial charge is 0.348 e. The van der Waals surface area contributed by atoms with Gasteiger partial charge in [-0.2, -0.15) is 0 Å². The molecule has 0 saturated carbocycles. The van der Waals surface area contributed by atoms with Gasteiger partial charge in [-0.05, 0) is 12.0 Å². The summed E-state index contributed by atoms with van der Waals surface area (Å²) in [5.41, 5.74) is 1.36. The van der Waals surface area contributed by atoms with Gasteiger partial charge in [0, 0.05) is 19.0 Å². The molecule has 0 fully saturated rings. The lowest BCUT2D eigenvalue weighted by atomic mass is 10.2. The first-order chi connectivity index (χ1) is 10.7. The SMILES string of the molecule is CCCCn1c(=O)nc([O-])c2c1ncn2Cc1ccccc1. The summed E-state index contributed by atoms with van der Waals surface area (Å²) in [6, 6.07) is 9.80. The van der Waals surface area contributed by atoms with E-state index in [0.29, 0.717) is 24.3 Å². The molecule has 0 aliphatic rings. The summed E-state index contributed by atoms with van der Waals surface area (Å²) in [6.45, 7) is 3.10. The molecule has 1 aromatic carbocycles. The standard InChI is InChI=1S/C16H18N4O2/c1-2-3-9-20-14-13(15(21)18-16(20)22)19(11-17-14)10-12-7-5-4-6-8-12/h4-8,11H,2-3,9-10H2,1H3,(H,18,21,22)/p-1. The van der Waals surface area contributed by atoms with E-state index >= 15 is 0 Å². The Balaban J connectivity index is 2.08. The number of nitrogens with zero attached hydrogens (tertiary/aromatic N) is 4. The monoisotopic (exact) mass is 297 g/mol. The summed E-state index contributed by atoms with van der Waals surface area (Å²) >= 11 is 0. The van der Waals surface area contributed by atoms with Gasteiger partial charge in [0.1, 0.15) is 0 Å². The predicted octanol–water partition coefficient (Wildman–Crippen LogP) is 1.51. The number of rotatable bonds is 5. The van der Waals surface area contributed by atoms with Crippen molar-refractivity contribution in [1.29, 1.82) is 0 Å². The molecule has 0 aliphatic carbocycles. The lowest BCUT2D eigenvalue weighted by Gasteiger charge is -2.13. The van der Waals surface area contributed by atoms with Gasteiger partial charge in [-0.15, -0.1) is 0 Å². The van der Waals surface area contributed by atoms with Crippen molar-refractivity contribution in [3.63, 3.8) is 0 Å². The van der Waals surface area contributed by atoms with Crippen LogP contribution >= 0.6 is 0 Å². The van der Waals surface area contributed by atoms with E-state index in [4.69, 9.17) is 0 Å². The number of benzene rings is 1. The van der Waals surface area contributed by atoms with E-state index in [0.717, 1.165) is 18.4 Å². The van der Waals surface area contributed by atoms with Crippen LogP contribution in [-0.2, 0) is 13.1 Å². The van der Waals surface area contributed by atoms with Crippen molar-refractivity contribution in [2.24, 2.45) is 0 Å². The molecule has 0 aliphatic heterocycles. The zero-order chi connectivity index (χ0) is 15.5. The zero-order valence-corrected chi connectivity index (χ0v) is 12.4. The van der Waals surface area contributed by atoms with Crippen molar-refractivity contribution < 1.29 is 5.11 Å². The van der Waals surface area contributed by atoms with E-state index in [1.165, 1.54) is 4.57 Å². The maximum absolute atomic E-state index is 12.1. The number of unbranched alkanes of at least 4 members (excludes halogenated alkanes) is 1. The summed E-state index contributed by atoms with van der Waals surface area (Å²) in [6.07, 6.45) is 3.40. The van der Waals surface area contributed by atoms with E-state index in [9.17, 15) is 9.90 Å². The quantitative estimate of drug-likeness (QED) is 0.715. The second-order valence-corrected chi connectivity index (χ2v) is 5.24. The van der Waals surface area contributed by atoms with E-state index in [-0.39, 0.29) is 0 Å². The molecule has 2 aromatic heterocycles. The summed E-state index contributed by atoms with van der Waals surface area (Å²) < 4.78 is 3.24. The average molecular weight is 297 g/mol. The molecular formula is C16H17N4O2-. The first-order valence-corrected chi connectivity index (χ1v) is 7.37. The highest BCUT2D eigenvalue weighted by Crippen LogP contribution is 2.19. The van der Waals surface area contributed by atoms with Gasteiger partial charge in [-0.3, -0.25) is 4.57 Å². The molecule has 0 atom stereocenters. The highest BCUT2D eigenvalue weighted by Gasteiger charge is 2.11. The van der Waals surface area contributed by atoms with Gasteiger partial charge < -0.3 is 9.67 Å². The summed E-state index contributed by atoms with van der Waals surface area (Å²) in [5.74, 6) is -0.513. The third kappa shape index (κ3) is 2.59. The molecule has 2 heterocycles. The normalized spacial score (nSPS) is 11.1. The number of imidazole rings is 1. The molecule has 0 radical (unpaired) electrons. The molecule has 0 N–H and O–H groups in total. The molecule has 0 unspecified atom stereocenters. The molecule has 6 heteroatoms. The fourth-order valence-corrected chi connectivity index (χ4v) is 2.50. The molecule has 0 amide bonds. The van der Waals surface area contributed by atoms with Crippen LogP contribution in [0.25, 0.3) is 11.2 Å². The molecule has 114 valence electrons. The van der Waals surface area contributed by atoms with Crippen LogP contribution in [0, 0.1) is 0 Å². The highest BCUT2D eigenvalue weighted by molar-refractivity contribution is 5.76. The third-order valence-corrected chi connectivity index (χ3v) is 3.64. The van der Waals surface area contributed by atoms with E-state index in [2.05, 4.69) is 9.97 Å². The van der Waals surface area contributed by atoms with Gasteiger partial charge in [-0.1, -0.05) is 43.7 Å². The highest BCUT2D eigenvalue weighted by atomic mass is 16.3. The Bertz CT molecular complexity index is 836. The van der Waals surface area contributed by atoms with Gasteiger partial charge in [0.05, 0.1) is 11.8 Å². The molecule has 3 aromatic rings. The summed E-state index contributed by atoms with van der Waals surface area (Å²) in [7, 11) is 0. The number of aryl methyl sites for hydroxylation is 1. The Kier molecular flexibility index (Phi) is 3.91. The van der Waals surface area contributed by atoms with Crippen LogP contribution in [0.3, 0.4) is 0 Å². The maximum atomic E-state index is 12.1. The van der Waals surface area contributed by atoms with Gasteiger partial charge in [0.2, 0.25) is 0 Å². The molecule has 0 saturated heterocycles. The van der Waals surface area contributed by atoms with Crippen LogP contribution in [-0.4, -0.2) is 19.1 Å². The van der Waals surface area contributed by atoms with E-state index in [1.54, 1.807) is 10.9 Å². The van der Waals surface area contributed by atoms with Crippen molar-refractivity contribution in [3.8, 4) is 5.88 Å². The predicted molar refractivity (Wildman–Crippen MR) is 81.7 cm³/mol. The number of hydrogen-bond acceptors (Lipinski definition) is 4. The molecule has 0 spiro atoms. The van der Waals surface area contributed by atoms with E-state index < -0.39 is 11.6 Å². The lowest BCUT2D eigenvalue weighted by molar-refractivity contribution is -0.273. The van der Waals surface area contributed by atoms with Crippen LogP contribution < -0.4 is 10.8 Å². The van der Waals surface area contributed by atoms with Crippen molar-refractivity contribution >= 4 is 11.2 Å². The van der Waals surface area contributed by atoms with E-state index in [1.807, 2.05) is 37.3 Å². The van der Waals surface area contributed by atoms with Crippen LogP contribution in [0.5, 0.6) is 5.88 Å². The summed E-state index contributed by atoms with van der Waals surface area (Å²) in [4.78, 5) is 19.8. The largest absolute Gasteiger partial charge is 0.857 e. The Hall–Kier alpha value is -2.63. The van der Waals surface area contributed by atoms with Crippen LogP contribution in [0.1, 0.15) is 25.3 Å². The van der Waals surface area contributed by atoms with Crippen molar-refractivity contribution in [3.05, 3.63) is 52.7 Å². The first kappa shape index (κ1) is 14.3. The van der Waals surface area contributed by atoms with Gasteiger partial charge >= 0.3 is 5.69 Å². The first-order valence-electron chi connectivity index (χ1n) is 7.37. The Morgan fingerprint density at radius 2 is 2.00 bits per heavy atom. The molecular weight excluding hydrogens is 280 g/mol. The Labute approximate surface area is 127 Å². The fraction of sp³-hybridized carbons (Fsp3) is 0.312. The zero-order valence-electron chi connectivity index (χ0n) is 12.4. The van der Waals surface area contributed by atoms with Gasteiger partial charge in [-0.25, -0.2) is 14.8 Å².